The summed E-state index contributed by atoms with van der Waals surface area (Å²) in [5.74, 6) is -0.184. The third-order valence-corrected chi connectivity index (χ3v) is 4.97. The van der Waals surface area contributed by atoms with Crippen LogP contribution >= 0.6 is 0 Å². The van der Waals surface area contributed by atoms with Gasteiger partial charge in [0.1, 0.15) is 4.90 Å². The molecule has 7 nitrogen and oxygen atoms in total. The minimum absolute atomic E-state index is 0.184. The molecule has 1 aromatic heterocycles. The molecular weight excluding hydrogens is 316 g/mol. The van der Waals surface area contributed by atoms with E-state index in [0.29, 0.717) is 29.3 Å². The molecule has 0 unspecified atom stereocenters. The van der Waals surface area contributed by atoms with Crippen molar-refractivity contribution in [2.45, 2.75) is 39.1 Å². The summed E-state index contributed by atoms with van der Waals surface area (Å²) < 4.78 is 29.4. The molecular formula is C15H20N4O3S. The Morgan fingerprint density at radius 1 is 1.17 bits per heavy atom. The van der Waals surface area contributed by atoms with Gasteiger partial charge in [-0.2, -0.15) is 5.10 Å². The number of nitrogens with zero attached hydrogens (tertiary/aromatic N) is 2. The number of anilines is 2. The van der Waals surface area contributed by atoms with E-state index in [1.807, 2.05) is 6.92 Å². The highest BCUT2D eigenvalue weighted by atomic mass is 32.2. The third kappa shape index (κ3) is 3.70. The van der Waals surface area contributed by atoms with Gasteiger partial charge < -0.3 is 5.32 Å². The van der Waals surface area contributed by atoms with Crippen LogP contribution in [-0.2, 0) is 21.4 Å². The van der Waals surface area contributed by atoms with Crippen LogP contribution in [0.1, 0.15) is 25.2 Å². The van der Waals surface area contributed by atoms with E-state index in [0.717, 1.165) is 0 Å². The Bertz CT molecular complexity index is 823. The number of amides is 1. The summed E-state index contributed by atoms with van der Waals surface area (Å²) in [6.45, 7) is 7.33. The highest BCUT2D eigenvalue weighted by Crippen LogP contribution is 2.23. The number of nitrogens with one attached hydrogen (secondary N) is 2. The van der Waals surface area contributed by atoms with E-state index in [-0.39, 0.29) is 10.8 Å². The zero-order chi connectivity index (χ0) is 17.2. The minimum atomic E-state index is -3.72. The topological polar surface area (TPSA) is 93.1 Å². The van der Waals surface area contributed by atoms with Crippen LogP contribution in [0.25, 0.3) is 0 Å². The van der Waals surface area contributed by atoms with Gasteiger partial charge in [0.2, 0.25) is 5.91 Å². The van der Waals surface area contributed by atoms with E-state index in [1.165, 1.54) is 6.92 Å². The van der Waals surface area contributed by atoms with Crippen LogP contribution in [0.4, 0.5) is 11.4 Å². The molecule has 0 radical (unpaired) electrons. The van der Waals surface area contributed by atoms with Crippen molar-refractivity contribution in [1.82, 2.24) is 9.78 Å². The lowest BCUT2D eigenvalue weighted by Crippen LogP contribution is -2.15. The molecule has 23 heavy (non-hydrogen) atoms. The van der Waals surface area contributed by atoms with Gasteiger partial charge in [-0.25, -0.2) is 8.42 Å². The van der Waals surface area contributed by atoms with Crippen LogP contribution in [0.5, 0.6) is 0 Å². The van der Waals surface area contributed by atoms with Gasteiger partial charge in [0.15, 0.2) is 0 Å². The summed E-state index contributed by atoms with van der Waals surface area (Å²) in [6, 6.07) is 6.46. The summed E-state index contributed by atoms with van der Waals surface area (Å²) in [7, 11) is -3.72. The molecule has 2 aromatic rings. The van der Waals surface area contributed by atoms with E-state index in [2.05, 4.69) is 15.1 Å². The van der Waals surface area contributed by atoms with Crippen molar-refractivity contribution in [3.05, 3.63) is 35.7 Å². The summed E-state index contributed by atoms with van der Waals surface area (Å²) in [5.41, 5.74) is 2.09. The van der Waals surface area contributed by atoms with Crippen LogP contribution in [-0.4, -0.2) is 24.1 Å². The maximum Gasteiger partial charge on any atom is 0.265 e. The third-order valence-electron chi connectivity index (χ3n) is 3.34. The second-order valence-corrected chi connectivity index (χ2v) is 6.80. The molecule has 0 atom stereocenters. The molecule has 0 saturated heterocycles. The Balaban J connectivity index is 2.28. The van der Waals surface area contributed by atoms with Crippen LogP contribution in [0.15, 0.2) is 29.2 Å². The number of carbonyl (C=O) groups is 1. The lowest BCUT2D eigenvalue weighted by molar-refractivity contribution is -0.114. The first-order chi connectivity index (χ1) is 10.7. The predicted molar refractivity (Wildman–Crippen MR) is 88.9 cm³/mol. The summed E-state index contributed by atoms with van der Waals surface area (Å²) in [5, 5.41) is 6.86. The molecule has 2 rings (SSSR count). The SMILES string of the molecule is CCn1nc(C)c(S(=O)(=O)Nc2ccc(NC(C)=O)cc2)c1C. The average molecular weight is 336 g/mol. The first-order valence-electron chi connectivity index (χ1n) is 7.19. The monoisotopic (exact) mass is 336 g/mol. The quantitative estimate of drug-likeness (QED) is 0.876. The Kier molecular flexibility index (Phi) is 4.74. The average Bonchev–Trinajstić information content (AvgIpc) is 2.75. The standard InChI is InChI=1S/C15H20N4O3S/c1-5-19-11(3)15(10(2)17-19)23(21,22)18-14-8-6-13(7-9-14)16-12(4)20/h6-9,18H,5H2,1-4H3,(H,16,20). The van der Waals surface area contributed by atoms with Crippen molar-refractivity contribution in [1.29, 1.82) is 0 Å². The first-order valence-corrected chi connectivity index (χ1v) is 8.67. The van der Waals surface area contributed by atoms with Gasteiger partial charge in [0, 0.05) is 24.8 Å². The lowest BCUT2D eigenvalue weighted by Gasteiger charge is -2.09. The molecule has 2 N–H and O–H groups in total. The fourth-order valence-electron chi connectivity index (χ4n) is 2.41. The summed E-state index contributed by atoms with van der Waals surface area (Å²) in [6.07, 6.45) is 0. The van der Waals surface area contributed by atoms with E-state index in [1.54, 1.807) is 42.8 Å². The fourth-order valence-corrected chi connectivity index (χ4v) is 3.88. The highest BCUT2D eigenvalue weighted by molar-refractivity contribution is 7.92. The number of benzene rings is 1. The molecule has 0 spiro atoms. The smallest absolute Gasteiger partial charge is 0.265 e. The number of hydrogen-bond acceptors (Lipinski definition) is 4. The molecule has 1 amide bonds. The number of rotatable bonds is 5. The largest absolute Gasteiger partial charge is 0.326 e. The molecule has 1 heterocycles. The van der Waals surface area contributed by atoms with Gasteiger partial charge in [-0.3, -0.25) is 14.2 Å². The Hall–Kier alpha value is -2.35. The van der Waals surface area contributed by atoms with E-state index in [9.17, 15) is 13.2 Å². The number of sulfonamides is 1. The van der Waals surface area contributed by atoms with Gasteiger partial charge in [0.25, 0.3) is 10.0 Å². The second kappa shape index (κ2) is 6.41. The summed E-state index contributed by atoms with van der Waals surface area (Å²) >= 11 is 0. The molecule has 124 valence electrons. The van der Waals surface area contributed by atoms with Gasteiger partial charge in [0.05, 0.1) is 11.4 Å². The predicted octanol–water partition coefficient (Wildman–Crippen LogP) is 2.28. The van der Waals surface area contributed by atoms with Crippen molar-refractivity contribution in [2.75, 3.05) is 10.0 Å². The van der Waals surface area contributed by atoms with Crippen molar-refractivity contribution in [3.63, 3.8) is 0 Å². The first kappa shape index (κ1) is 17.0. The number of aromatic nitrogens is 2. The molecule has 0 aliphatic carbocycles. The number of hydrogen-bond donors (Lipinski definition) is 2. The Morgan fingerprint density at radius 2 is 1.74 bits per heavy atom. The zero-order valence-electron chi connectivity index (χ0n) is 13.5. The zero-order valence-corrected chi connectivity index (χ0v) is 14.4. The maximum absolute atomic E-state index is 12.6. The molecule has 0 saturated carbocycles. The normalized spacial score (nSPS) is 11.3. The lowest BCUT2D eigenvalue weighted by atomic mass is 10.3. The van der Waals surface area contributed by atoms with Gasteiger partial charge in [-0.15, -0.1) is 0 Å². The van der Waals surface area contributed by atoms with Crippen molar-refractivity contribution in [2.24, 2.45) is 0 Å². The van der Waals surface area contributed by atoms with Crippen molar-refractivity contribution in [3.8, 4) is 0 Å². The number of carbonyl (C=O) groups excluding carboxylic acids is 1. The van der Waals surface area contributed by atoms with Gasteiger partial charge in [-0.1, -0.05) is 0 Å². The molecule has 1 aromatic carbocycles. The second-order valence-electron chi connectivity index (χ2n) is 5.18. The summed E-state index contributed by atoms with van der Waals surface area (Å²) in [4.78, 5) is 11.2. The van der Waals surface area contributed by atoms with Crippen LogP contribution < -0.4 is 10.0 Å². The van der Waals surface area contributed by atoms with Crippen LogP contribution in [0.2, 0.25) is 0 Å². The minimum Gasteiger partial charge on any atom is -0.326 e. The maximum atomic E-state index is 12.6. The molecule has 0 fully saturated rings. The number of aryl methyl sites for hydroxylation is 2. The molecule has 0 aliphatic rings. The van der Waals surface area contributed by atoms with Crippen LogP contribution in [0.3, 0.4) is 0 Å². The van der Waals surface area contributed by atoms with E-state index < -0.39 is 10.0 Å². The molecule has 8 heteroatoms. The van der Waals surface area contributed by atoms with Crippen molar-refractivity contribution < 1.29 is 13.2 Å². The Morgan fingerprint density at radius 3 is 2.22 bits per heavy atom. The van der Waals surface area contributed by atoms with E-state index in [4.69, 9.17) is 0 Å². The fraction of sp³-hybridized carbons (Fsp3) is 0.333. The van der Waals surface area contributed by atoms with Crippen LogP contribution in [0, 0.1) is 13.8 Å². The Labute approximate surface area is 135 Å². The highest BCUT2D eigenvalue weighted by Gasteiger charge is 2.24. The van der Waals surface area contributed by atoms with Crippen molar-refractivity contribution >= 4 is 27.3 Å². The van der Waals surface area contributed by atoms with E-state index >= 15 is 0 Å². The molecule has 0 bridgehead atoms. The van der Waals surface area contributed by atoms with Gasteiger partial charge in [-0.05, 0) is 45.0 Å². The van der Waals surface area contributed by atoms with Gasteiger partial charge >= 0.3 is 0 Å². The molecule has 0 aliphatic heterocycles.